The zero-order valence-electron chi connectivity index (χ0n) is 13.2. The second-order valence-corrected chi connectivity index (χ2v) is 8.18. The summed E-state index contributed by atoms with van der Waals surface area (Å²) in [5, 5.41) is 0.578. The Hall–Kier alpha value is -1.85. The highest BCUT2D eigenvalue weighted by Gasteiger charge is 2.19. The molecule has 2 rings (SSSR count). The van der Waals surface area contributed by atoms with Gasteiger partial charge in [-0.15, -0.1) is 0 Å². The molecular formula is C17H19ClN2O2S. The fourth-order valence-corrected chi connectivity index (χ4v) is 3.05. The lowest BCUT2D eigenvalue weighted by molar-refractivity contribution is 0.578. The molecule has 23 heavy (non-hydrogen) atoms. The van der Waals surface area contributed by atoms with Crippen LogP contribution in [0, 0.1) is 0 Å². The van der Waals surface area contributed by atoms with Crippen LogP contribution in [0.25, 0.3) is 0 Å². The average Bonchev–Trinajstić information content (AvgIpc) is 2.46. The zero-order chi connectivity index (χ0) is 17.1. The molecule has 0 saturated carbocycles. The molecule has 0 aromatic heterocycles. The summed E-state index contributed by atoms with van der Waals surface area (Å²) in [4.78, 5) is 4.69. The maximum atomic E-state index is 12.6. The fourth-order valence-electron chi connectivity index (χ4n) is 1.88. The van der Waals surface area contributed by atoms with E-state index in [1.807, 2.05) is 20.8 Å². The van der Waals surface area contributed by atoms with Crippen molar-refractivity contribution in [3.05, 3.63) is 65.2 Å². The number of amidine groups is 1. The molecule has 0 radical (unpaired) electrons. The molecule has 6 heteroatoms. The van der Waals surface area contributed by atoms with Crippen molar-refractivity contribution in [2.24, 2.45) is 4.99 Å². The predicted molar refractivity (Wildman–Crippen MR) is 94.5 cm³/mol. The maximum Gasteiger partial charge on any atom is 0.263 e. The van der Waals surface area contributed by atoms with Gasteiger partial charge in [0.05, 0.1) is 10.4 Å². The lowest BCUT2D eigenvalue weighted by atomic mass is 10.1. The van der Waals surface area contributed by atoms with Gasteiger partial charge in [0.25, 0.3) is 10.0 Å². The quantitative estimate of drug-likeness (QED) is 0.675. The summed E-state index contributed by atoms with van der Waals surface area (Å²) < 4.78 is 27.7. The van der Waals surface area contributed by atoms with Gasteiger partial charge in [-0.25, -0.2) is 8.42 Å². The van der Waals surface area contributed by atoms with Crippen LogP contribution in [-0.4, -0.2) is 19.8 Å². The summed E-state index contributed by atoms with van der Waals surface area (Å²) in [5.74, 6) is 0.290. The Balaban J connectivity index is 2.44. The summed E-state index contributed by atoms with van der Waals surface area (Å²) in [6.45, 7) is 5.71. The minimum absolute atomic E-state index is 0.190. The second kappa shape index (κ2) is 6.72. The second-order valence-electron chi connectivity index (χ2n) is 6.06. The smallest absolute Gasteiger partial charge is 0.263 e. The van der Waals surface area contributed by atoms with E-state index in [4.69, 9.17) is 11.6 Å². The van der Waals surface area contributed by atoms with Crippen molar-refractivity contribution in [1.82, 2.24) is 4.72 Å². The first-order chi connectivity index (χ1) is 10.7. The molecule has 0 aliphatic heterocycles. The van der Waals surface area contributed by atoms with Crippen LogP contribution in [0.3, 0.4) is 0 Å². The molecule has 0 aliphatic carbocycles. The molecule has 0 unspecified atom stereocenters. The van der Waals surface area contributed by atoms with Gasteiger partial charge in [0, 0.05) is 10.6 Å². The molecular weight excluding hydrogens is 332 g/mol. The van der Waals surface area contributed by atoms with E-state index in [0.29, 0.717) is 10.6 Å². The van der Waals surface area contributed by atoms with E-state index in [1.165, 1.54) is 0 Å². The third kappa shape index (κ3) is 5.08. The van der Waals surface area contributed by atoms with Crippen LogP contribution in [-0.2, 0) is 10.0 Å². The summed E-state index contributed by atoms with van der Waals surface area (Å²) in [6.07, 6.45) is 0. The summed E-state index contributed by atoms with van der Waals surface area (Å²) in [7, 11) is -3.70. The van der Waals surface area contributed by atoms with Crippen molar-refractivity contribution >= 4 is 27.5 Å². The lowest BCUT2D eigenvalue weighted by Gasteiger charge is -2.18. The molecule has 0 amide bonds. The minimum atomic E-state index is -3.70. The standard InChI is InChI=1S/C17H19ClN2O2S/c1-17(2,3)19-16(13-9-11-14(18)12-10-13)20-23(21,22)15-7-5-4-6-8-15/h4-12H,1-3H3,(H,19,20). The van der Waals surface area contributed by atoms with Gasteiger partial charge in [0.1, 0.15) is 5.84 Å². The Bertz CT molecular complexity index is 793. The van der Waals surface area contributed by atoms with Crippen molar-refractivity contribution in [3.8, 4) is 0 Å². The average molecular weight is 351 g/mol. The van der Waals surface area contributed by atoms with Gasteiger partial charge < -0.3 is 0 Å². The molecule has 2 aromatic rings. The van der Waals surface area contributed by atoms with Crippen LogP contribution in [0.15, 0.2) is 64.5 Å². The molecule has 0 bridgehead atoms. The van der Waals surface area contributed by atoms with E-state index in [9.17, 15) is 8.42 Å². The Morgan fingerprint density at radius 3 is 2.09 bits per heavy atom. The maximum absolute atomic E-state index is 12.6. The lowest BCUT2D eigenvalue weighted by Crippen LogP contribution is -2.33. The van der Waals surface area contributed by atoms with E-state index < -0.39 is 15.6 Å². The van der Waals surface area contributed by atoms with E-state index in [0.717, 1.165) is 0 Å². The molecule has 0 atom stereocenters. The minimum Gasteiger partial charge on any atom is -0.263 e. The summed E-state index contributed by atoms with van der Waals surface area (Å²) in [6, 6.07) is 15.1. The molecule has 1 N–H and O–H groups in total. The summed E-state index contributed by atoms with van der Waals surface area (Å²) in [5.41, 5.74) is 0.220. The van der Waals surface area contributed by atoms with Crippen LogP contribution in [0.2, 0.25) is 5.02 Å². The Morgan fingerprint density at radius 2 is 1.57 bits per heavy atom. The van der Waals surface area contributed by atoms with Crippen molar-refractivity contribution < 1.29 is 8.42 Å². The molecule has 122 valence electrons. The summed E-state index contributed by atoms with van der Waals surface area (Å²) >= 11 is 5.90. The highest BCUT2D eigenvalue weighted by Crippen LogP contribution is 2.15. The van der Waals surface area contributed by atoms with Crippen molar-refractivity contribution in [1.29, 1.82) is 0 Å². The van der Waals surface area contributed by atoms with Crippen LogP contribution >= 0.6 is 11.6 Å². The molecule has 2 aromatic carbocycles. The molecule has 4 nitrogen and oxygen atoms in total. The van der Waals surface area contributed by atoms with Gasteiger partial charge in [-0.05, 0) is 57.2 Å². The number of rotatable bonds is 3. The number of hydrogen-bond acceptors (Lipinski definition) is 3. The Morgan fingerprint density at radius 1 is 1.00 bits per heavy atom. The van der Waals surface area contributed by atoms with E-state index in [1.54, 1.807) is 54.6 Å². The van der Waals surface area contributed by atoms with Gasteiger partial charge in [-0.1, -0.05) is 29.8 Å². The van der Waals surface area contributed by atoms with Crippen molar-refractivity contribution in [2.45, 2.75) is 31.2 Å². The van der Waals surface area contributed by atoms with Crippen molar-refractivity contribution in [2.75, 3.05) is 0 Å². The molecule has 0 saturated heterocycles. The normalized spacial score (nSPS) is 13.0. The van der Waals surface area contributed by atoms with Gasteiger partial charge in [-0.2, -0.15) is 0 Å². The van der Waals surface area contributed by atoms with Crippen molar-refractivity contribution in [3.63, 3.8) is 0 Å². The fraction of sp³-hybridized carbons (Fsp3) is 0.235. The van der Waals surface area contributed by atoms with Crippen LogP contribution in [0.4, 0.5) is 0 Å². The van der Waals surface area contributed by atoms with Gasteiger partial charge >= 0.3 is 0 Å². The van der Waals surface area contributed by atoms with Crippen LogP contribution in [0.5, 0.6) is 0 Å². The van der Waals surface area contributed by atoms with E-state index in [2.05, 4.69) is 9.71 Å². The zero-order valence-corrected chi connectivity index (χ0v) is 14.8. The van der Waals surface area contributed by atoms with Crippen LogP contribution in [0.1, 0.15) is 26.3 Å². The number of hydrogen-bond donors (Lipinski definition) is 1. The first kappa shape index (κ1) is 17.5. The highest BCUT2D eigenvalue weighted by molar-refractivity contribution is 7.90. The monoisotopic (exact) mass is 350 g/mol. The molecule has 0 aliphatic rings. The Kier molecular flexibility index (Phi) is 5.12. The van der Waals surface area contributed by atoms with Crippen LogP contribution < -0.4 is 4.72 Å². The predicted octanol–water partition coefficient (Wildman–Crippen LogP) is 3.86. The SMILES string of the molecule is CC(C)(C)N=C(NS(=O)(=O)c1ccccc1)c1ccc(Cl)cc1. The number of nitrogens with one attached hydrogen (secondary N) is 1. The number of sulfonamides is 1. The highest BCUT2D eigenvalue weighted by atomic mass is 35.5. The van der Waals surface area contributed by atoms with Gasteiger partial charge in [0.15, 0.2) is 0 Å². The topological polar surface area (TPSA) is 58.5 Å². The molecule has 0 heterocycles. The molecule has 0 fully saturated rings. The first-order valence-electron chi connectivity index (χ1n) is 7.11. The number of nitrogens with zero attached hydrogens (tertiary/aromatic N) is 1. The number of aliphatic imine (C=N–C) groups is 1. The van der Waals surface area contributed by atoms with Gasteiger partial charge in [-0.3, -0.25) is 9.71 Å². The number of halogens is 1. The first-order valence-corrected chi connectivity index (χ1v) is 8.97. The molecule has 0 spiro atoms. The van der Waals surface area contributed by atoms with E-state index in [-0.39, 0.29) is 10.7 Å². The third-order valence-corrected chi connectivity index (χ3v) is 4.46. The van der Waals surface area contributed by atoms with Gasteiger partial charge in [0.2, 0.25) is 0 Å². The third-order valence-electron chi connectivity index (χ3n) is 2.85. The number of benzene rings is 2. The van der Waals surface area contributed by atoms with E-state index >= 15 is 0 Å². The largest absolute Gasteiger partial charge is 0.263 e. The Labute approximate surface area is 142 Å².